The highest BCUT2D eigenvalue weighted by atomic mass is 16.5. The number of methoxy groups -OCH3 is 1. The Hall–Kier alpha value is -2.41. The molecule has 0 saturated carbocycles. The van der Waals surface area contributed by atoms with Crippen LogP contribution in [-0.4, -0.2) is 46.4 Å². The van der Waals surface area contributed by atoms with Crippen LogP contribution in [0.25, 0.3) is 0 Å². The fourth-order valence-corrected chi connectivity index (χ4v) is 2.79. The summed E-state index contributed by atoms with van der Waals surface area (Å²) >= 11 is 0. The average molecular weight is 315 g/mol. The number of anilines is 2. The van der Waals surface area contributed by atoms with Gasteiger partial charge in [0.25, 0.3) is 0 Å². The van der Waals surface area contributed by atoms with Crippen molar-refractivity contribution in [2.75, 3.05) is 30.5 Å². The molecule has 1 fully saturated rings. The summed E-state index contributed by atoms with van der Waals surface area (Å²) in [4.78, 5) is 14.8. The van der Waals surface area contributed by atoms with Crippen LogP contribution >= 0.6 is 0 Å². The molecule has 1 atom stereocenters. The van der Waals surface area contributed by atoms with Crippen LogP contribution in [0, 0.1) is 0 Å². The van der Waals surface area contributed by atoms with Crippen molar-refractivity contribution in [1.82, 2.24) is 15.0 Å². The first-order valence-electron chi connectivity index (χ1n) is 7.72. The van der Waals surface area contributed by atoms with E-state index in [0.717, 1.165) is 36.6 Å². The van der Waals surface area contributed by atoms with Gasteiger partial charge in [0.2, 0.25) is 5.88 Å². The Morgan fingerprint density at radius 3 is 3.09 bits per heavy atom. The minimum Gasteiger partial charge on any atom is -0.481 e. The SMILES string of the molecule is COc1cc(CNc2cc(N3CCC[C@@H]3CO)ncn2)ccn1. The molecule has 0 amide bonds. The molecule has 0 aromatic carbocycles. The van der Waals surface area contributed by atoms with Crippen LogP contribution in [0.15, 0.2) is 30.7 Å². The number of aliphatic hydroxyl groups is 1. The lowest BCUT2D eigenvalue weighted by molar-refractivity contribution is 0.266. The highest BCUT2D eigenvalue weighted by Gasteiger charge is 2.25. The van der Waals surface area contributed by atoms with E-state index in [1.165, 1.54) is 0 Å². The van der Waals surface area contributed by atoms with Crippen molar-refractivity contribution in [3.63, 3.8) is 0 Å². The summed E-state index contributed by atoms with van der Waals surface area (Å²) in [5.41, 5.74) is 1.06. The van der Waals surface area contributed by atoms with Gasteiger partial charge in [0.1, 0.15) is 18.0 Å². The topological polar surface area (TPSA) is 83.4 Å². The number of hydrogen-bond acceptors (Lipinski definition) is 7. The highest BCUT2D eigenvalue weighted by Crippen LogP contribution is 2.24. The van der Waals surface area contributed by atoms with E-state index >= 15 is 0 Å². The summed E-state index contributed by atoms with van der Waals surface area (Å²) in [7, 11) is 1.60. The summed E-state index contributed by atoms with van der Waals surface area (Å²) in [6.07, 6.45) is 5.35. The first kappa shape index (κ1) is 15.5. The zero-order valence-corrected chi connectivity index (χ0v) is 13.1. The second-order valence-corrected chi connectivity index (χ2v) is 5.49. The van der Waals surface area contributed by atoms with Gasteiger partial charge in [-0.3, -0.25) is 0 Å². The van der Waals surface area contributed by atoms with Gasteiger partial charge in [0.05, 0.1) is 19.8 Å². The summed E-state index contributed by atoms with van der Waals surface area (Å²) in [5.74, 6) is 2.20. The average Bonchev–Trinajstić information content (AvgIpc) is 3.09. The molecule has 2 aromatic rings. The van der Waals surface area contributed by atoms with E-state index in [2.05, 4.69) is 25.2 Å². The molecule has 0 spiro atoms. The van der Waals surface area contributed by atoms with Gasteiger partial charge in [-0.15, -0.1) is 0 Å². The predicted octanol–water partition coefficient (Wildman–Crippen LogP) is 1.45. The number of pyridine rings is 1. The Morgan fingerprint density at radius 1 is 1.35 bits per heavy atom. The van der Waals surface area contributed by atoms with E-state index in [0.29, 0.717) is 12.4 Å². The summed E-state index contributed by atoms with van der Waals surface area (Å²) in [6.45, 7) is 1.70. The monoisotopic (exact) mass is 315 g/mol. The summed E-state index contributed by atoms with van der Waals surface area (Å²) in [6, 6.07) is 5.89. The van der Waals surface area contributed by atoms with Gasteiger partial charge in [-0.1, -0.05) is 0 Å². The molecule has 1 aliphatic rings. The maximum absolute atomic E-state index is 9.45. The number of hydrogen-bond donors (Lipinski definition) is 2. The lowest BCUT2D eigenvalue weighted by Crippen LogP contribution is -2.32. The molecule has 1 aliphatic heterocycles. The Balaban J connectivity index is 1.67. The predicted molar refractivity (Wildman–Crippen MR) is 87.6 cm³/mol. The number of aliphatic hydroxyl groups excluding tert-OH is 1. The van der Waals surface area contributed by atoms with Crippen molar-refractivity contribution in [1.29, 1.82) is 0 Å². The Morgan fingerprint density at radius 2 is 2.26 bits per heavy atom. The van der Waals surface area contributed by atoms with Crippen LogP contribution in [0.1, 0.15) is 18.4 Å². The van der Waals surface area contributed by atoms with Gasteiger partial charge in [-0.25, -0.2) is 15.0 Å². The van der Waals surface area contributed by atoms with E-state index < -0.39 is 0 Å². The molecule has 23 heavy (non-hydrogen) atoms. The minimum atomic E-state index is 0.155. The summed E-state index contributed by atoms with van der Waals surface area (Å²) in [5, 5.41) is 12.7. The van der Waals surface area contributed by atoms with Crippen LogP contribution in [0.4, 0.5) is 11.6 Å². The lowest BCUT2D eigenvalue weighted by Gasteiger charge is -2.24. The molecule has 3 rings (SSSR count). The molecule has 0 aliphatic carbocycles. The van der Waals surface area contributed by atoms with Gasteiger partial charge in [-0.2, -0.15) is 0 Å². The van der Waals surface area contributed by atoms with Gasteiger partial charge in [0.15, 0.2) is 0 Å². The largest absolute Gasteiger partial charge is 0.481 e. The third-order valence-corrected chi connectivity index (χ3v) is 4.02. The molecule has 0 radical (unpaired) electrons. The Kier molecular flexibility index (Phi) is 4.87. The van der Waals surface area contributed by atoms with E-state index in [4.69, 9.17) is 4.74 Å². The maximum atomic E-state index is 9.45. The van der Waals surface area contributed by atoms with E-state index in [1.807, 2.05) is 18.2 Å². The normalized spacial score (nSPS) is 17.3. The van der Waals surface area contributed by atoms with Crippen molar-refractivity contribution < 1.29 is 9.84 Å². The van der Waals surface area contributed by atoms with Crippen molar-refractivity contribution in [3.05, 3.63) is 36.3 Å². The van der Waals surface area contributed by atoms with Crippen molar-refractivity contribution >= 4 is 11.6 Å². The summed E-state index contributed by atoms with van der Waals surface area (Å²) < 4.78 is 5.12. The second-order valence-electron chi connectivity index (χ2n) is 5.49. The van der Waals surface area contributed by atoms with Crippen molar-refractivity contribution in [2.24, 2.45) is 0 Å². The van der Waals surface area contributed by atoms with E-state index in [9.17, 15) is 5.11 Å². The standard InChI is InChI=1S/C16H21N5O2/c1-23-16-7-12(4-5-17-16)9-18-14-8-15(20-11-19-14)21-6-2-3-13(21)10-22/h4-5,7-8,11,13,22H,2-3,6,9-10H2,1H3,(H,18,19,20)/t13-/m1/s1. The molecule has 1 saturated heterocycles. The zero-order valence-electron chi connectivity index (χ0n) is 13.1. The van der Waals surface area contributed by atoms with Crippen LogP contribution in [-0.2, 0) is 6.54 Å². The first-order valence-corrected chi connectivity index (χ1v) is 7.72. The smallest absolute Gasteiger partial charge is 0.213 e. The minimum absolute atomic E-state index is 0.155. The quantitative estimate of drug-likeness (QED) is 0.835. The first-order chi connectivity index (χ1) is 11.3. The third kappa shape index (κ3) is 3.68. The van der Waals surface area contributed by atoms with Crippen molar-refractivity contribution in [2.45, 2.75) is 25.4 Å². The molecule has 0 unspecified atom stereocenters. The van der Waals surface area contributed by atoms with Gasteiger partial charge >= 0.3 is 0 Å². The molecule has 2 aromatic heterocycles. The third-order valence-electron chi connectivity index (χ3n) is 4.02. The fourth-order valence-electron chi connectivity index (χ4n) is 2.79. The van der Waals surface area contributed by atoms with Crippen LogP contribution in [0.5, 0.6) is 5.88 Å². The number of nitrogens with one attached hydrogen (secondary N) is 1. The molecule has 3 heterocycles. The Labute approximate surface area is 135 Å². The van der Waals surface area contributed by atoms with Gasteiger partial charge in [0, 0.05) is 31.4 Å². The number of rotatable bonds is 6. The zero-order chi connectivity index (χ0) is 16.1. The molecule has 2 N–H and O–H groups in total. The van der Waals surface area contributed by atoms with Crippen molar-refractivity contribution in [3.8, 4) is 5.88 Å². The molecular formula is C16H21N5O2. The number of nitrogens with zero attached hydrogens (tertiary/aromatic N) is 4. The number of aromatic nitrogens is 3. The molecular weight excluding hydrogens is 294 g/mol. The highest BCUT2D eigenvalue weighted by molar-refractivity contribution is 5.50. The van der Waals surface area contributed by atoms with E-state index in [-0.39, 0.29) is 12.6 Å². The van der Waals surface area contributed by atoms with Crippen LogP contribution in [0.2, 0.25) is 0 Å². The number of ether oxygens (including phenoxy) is 1. The lowest BCUT2D eigenvalue weighted by atomic mass is 10.2. The molecule has 7 nitrogen and oxygen atoms in total. The molecule has 0 bridgehead atoms. The van der Waals surface area contributed by atoms with Gasteiger partial charge in [-0.05, 0) is 24.5 Å². The van der Waals surface area contributed by atoms with E-state index in [1.54, 1.807) is 19.6 Å². The Bertz CT molecular complexity index is 652. The van der Waals surface area contributed by atoms with Crippen LogP contribution < -0.4 is 15.0 Å². The maximum Gasteiger partial charge on any atom is 0.213 e. The van der Waals surface area contributed by atoms with Crippen LogP contribution in [0.3, 0.4) is 0 Å². The molecule has 7 heteroatoms. The molecule has 122 valence electrons. The van der Waals surface area contributed by atoms with Gasteiger partial charge < -0.3 is 20.1 Å². The second kappa shape index (κ2) is 7.23. The fraction of sp³-hybridized carbons (Fsp3) is 0.438.